The fraction of sp³-hybridized carbons (Fsp3) is 0.273. The number of ether oxygens (including phenoxy) is 2. The number of nitrogens with zero attached hydrogens (tertiary/aromatic N) is 2. The predicted octanol–water partition coefficient (Wildman–Crippen LogP) is 3.60. The molecule has 0 fully saturated rings. The Morgan fingerprint density at radius 2 is 1.75 bits per heavy atom. The number of amides is 1. The van der Waals surface area contributed by atoms with Gasteiger partial charge >= 0.3 is 0 Å². The summed E-state index contributed by atoms with van der Waals surface area (Å²) in [6.07, 6.45) is 2.62. The molecule has 28 heavy (non-hydrogen) atoms. The molecule has 1 amide bonds. The van der Waals surface area contributed by atoms with Crippen molar-refractivity contribution in [2.75, 3.05) is 13.7 Å². The van der Waals surface area contributed by atoms with Crippen molar-refractivity contribution in [1.29, 1.82) is 0 Å². The van der Waals surface area contributed by atoms with Crippen LogP contribution in [0.2, 0.25) is 0 Å². The maximum Gasteiger partial charge on any atom is 0.251 e. The zero-order chi connectivity index (χ0) is 19.8. The van der Waals surface area contributed by atoms with E-state index in [1.165, 1.54) is 0 Å². The van der Waals surface area contributed by atoms with E-state index in [-0.39, 0.29) is 5.91 Å². The van der Waals surface area contributed by atoms with E-state index in [0.29, 0.717) is 18.7 Å². The molecule has 6 nitrogen and oxygen atoms in total. The second kappa shape index (κ2) is 9.60. The van der Waals surface area contributed by atoms with Crippen LogP contribution in [-0.4, -0.2) is 29.3 Å². The van der Waals surface area contributed by atoms with Crippen molar-refractivity contribution in [3.8, 4) is 11.5 Å². The number of methoxy groups -OCH3 is 1. The molecule has 6 heteroatoms. The van der Waals surface area contributed by atoms with E-state index in [4.69, 9.17) is 9.47 Å². The Balaban J connectivity index is 1.42. The van der Waals surface area contributed by atoms with Gasteiger partial charge in [0.2, 0.25) is 0 Å². The molecule has 1 N–H and O–H groups in total. The fourth-order valence-electron chi connectivity index (χ4n) is 2.76. The lowest BCUT2D eigenvalue weighted by Crippen LogP contribution is -2.25. The van der Waals surface area contributed by atoms with Crippen LogP contribution < -0.4 is 14.8 Å². The largest absolute Gasteiger partial charge is 0.497 e. The van der Waals surface area contributed by atoms with E-state index in [0.717, 1.165) is 35.7 Å². The van der Waals surface area contributed by atoms with Crippen molar-refractivity contribution in [3.63, 3.8) is 0 Å². The minimum Gasteiger partial charge on any atom is -0.497 e. The van der Waals surface area contributed by atoms with E-state index in [2.05, 4.69) is 10.4 Å². The van der Waals surface area contributed by atoms with Crippen LogP contribution in [0.5, 0.6) is 11.5 Å². The molecular weight excluding hydrogens is 354 g/mol. The maximum atomic E-state index is 12.2. The van der Waals surface area contributed by atoms with Crippen molar-refractivity contribution in [2.45, 2.75) is 26.5 Å². The highest BCUT2D eigenvalue weighted by atomic mass is 16.5. The molecule has 0 atom stereocenters. The summed E-state index contributed by atoms with van der Waals surface area (Å²) in [5.74, 6) is 1.50. The third kappa shape index (κ3) is 5.36. The lowest BCUT2D eigenvalue weighted by molar-refractivity contribution is 0.0952. The van der Waals surface area contributed by atoms with Crippen molar-refractivity contribution in [1.82, 2.24) is 15.1 Å². The maximum absolute atomic E-state index is 12.2. The summed E-state index contributed by atoms with van der Waals surface area (Å²) in [4.78, 5) is 12.2. The molecular formula is C22H25N3O3. The molecule has 0 saturated carbocycles. The standard InChI is InChI=1S/C22H25N3O3/c1-17-12-14-24-25(17)15-3-13-23-22(26)19-6-4-18(5-7-19)16-28-21-10-8-20(27-2)9-11-21/h4-12,14H,3,13,15-16H2,1-2H3,(H,23,26). The first-order valence-electron chi connectivity index (χ1n) is 9.28. The summed E-state index contributed by atoms with van der Waals surface area (Å²) < 4.78 is 12.8. The van der Waals surface area contributed by atoms with E-state index in [1.807, 2.05) is 66.2 Å². The molecule has 0 aliphatic rings. The quantitative estimate of drug-likeness (QED) is 0.577. The number of hydrogen-bond donors (Lipinski definition) is 1. The molecule has 2 aromatic carbocycles. The molecule has 0 aliphatic carbocycles. The number of aromatic nitrogens is 2. The van der Waals surface area contributed by atoms with Crippen LogP contribution >= 0.6 is 0 Å². The van der Waals surface area contributed by atoms with Gasteiger partial charge in [0, 0.05) is 30.5 Å². The molecule has 3 aromatic rings. The average molecular weight is 379 g/mol. The lowest BCUT2D eigenvalue weighted by Gasteiger charge is -2.09. The zero-order valence-corrected chi connectivity index (χ0v) is 16.2. The predicted molar refractivity (Wildman–Crippen MR) is 108 cm³/mol. The summed E-state index contributed by atoms with van der Waals surface area (Å²) in [6, 6.07) is 16.9. The summed E-state index contributed by atoms with van der Waals surface area (Å²) in [6.45, 7) is 3.87. The first-order chi connectivity index (χ1) is 13.7. The van der Waals surface area contributed by atoms with Gasteiger partial charge in [0.1, 0.15) is 18.1 Å². The number of rotatable bonds is 9. The summed E-state index contributed by atoms with van der Waals surface area (Å²) in [5, 5.41) is 7.18. The minimum absolute atomic E-state index is 0.0696. The van der Waals surface area contributed by atoms with Crippen LogP contribution in [0.3, 0.4) is 0 Å². The van der Waals surface area contributed by atoms with E-state index >= 15 is 0 Å². The Hall–Kier alpha value is -3.28. The smallest absolute Gasteiger partial charge is 0.251 e. The summed E-state index contributed by atoms with van der Waals surface area (Å²) in [5.41, 5.74) is 2.77. The minimum atomic E-state index is -0.0696. The molecule has 0 saturated heterocycles. The zero-order valence-electron chi connectivity index (χ0n) is 16.2. The third-order valence-electron chi connectivity index (χ3n) is 4.44. The normalized spacial score (nSPS) is 10.5. The van der Waals surface area contributed by atoms with Gasteiger partial charge in [-0.15, -0.1) is 0 Å². The highest BCUT2D eigenvalue weighted by Gasteiger charge is 2.05. The fourth-order valence-corrected chi connectivity index (χ4v) is 2.76. The Morgan fingerprint density at radius 1 is 1.04 bits per heavy atom. The van der Waals surface area contributed by atoms with Gasteiger partial charge < -0.3 is 14.8 Å². The number of hydrogen-bond acceptors (Lipinski definition) is 4. The van der Waals surface area contributed by atoms with E-state index < -0.39 is 0 Å². The molecule has 0 radical (unpaired) electrons. The van der Waals surface area contributed by atoms with Crippen molar-refractivity contribution in [2.24, 2.45) is 0 Å². The molecule has 1 aromatic heterocycles. The second-order valence-corrected chi connectivity index (χ2v) is 6.47. The van der Waals surface area contributed by atoms with Gasteiger partial charge in [-0.3, -0.25) is 9.48 Å². The SMILES string of the molecule is COc1ccc(OCc2ccc(C(=O)NCCCn3nccc3C)cc2)cc1. The lowest BCUT2D eigenvalue weighted by atomic mass is 10.1. The number of aryl methyl sites for hydroxylation is 2. The first kappa shape index (κ1) is 19.5. The van der Waals surface area contributed by atoms with Crippen LogP contribution in [0.15, 0.2) is 60.8 Å². The molecule has 0 unspecified atom stereocenters. The van der Waals surface area contributed by atoms with Gasteiger partial charge in [0.25, 0.3) is 5.91 Å². The summed E-state index contributed by atoms with van der Waals surface area (Å²) >= 11 is 0. The third-order valence-corrected chi connectivity index (χ3v) is 4.44. The van der Waals surface area contributed by atoms with Crippen LogP contribution in [0.1, 0.15) is 28.0 Å². The van der Waals surface area contributed by atoms with Gasteiger partial charge in [0.15, 0.2) is 0 Å². The number of nitrogens with one attached hydrogen (secondary N) is 1. The van der Waals surface area contributed by atoms with E-state index in [9.17, 15) is 4.79 Å². The van der Waals surface area contributed by atoms with Crippen LogP contribution in [-0.2, 0) is 13.2 Å². The Bertz CT molecular complexity index is 886. The van der Waals surface area contributed by atoms with Crippen molar-refractivity contribution in [3.05, 3.63) is 77.6 Å². The van der Waals surface area contributed by atoms with Gasteiger partial charge in [-0.25, -0.2) is 0 Å². The number of benzene rings is 2. The van der Waals surface area contributed by atoms with Crippen molar-refractivity contribution >= 4 is 5.91 Å². The highest BCUT2D eigenvalue weighted by molar-refractivity contribution is 5.94. The number of carbonyl (C=O) groups excluding carboxylic acids is 1. The highest BCUT2D eigenvalue weighted by Crippen LogP contribution is 2.18. The van der Waals surface area contributed by atoms with Crippen LogP contribution in [0, 0.1) is 6.92 Å². The Morgan fingerprint density at radius 3 is 2.39 bits per heavy atom. The Labute approximate surface area is 165 Å². The van der Waals surface area contributed by atoms with Gasteiger partial charge in [0.05, 0.1) is 7.11 Å². The van der Waals surface area contributed by atoms with E-state index in [1.54, 1.807) is 13.3 Å². The second-order valence-electron chi connectivity index (χ2n) is 6.47. The molecule has 0 bridgehead atoms. The monoisotopic (exact) mass is 379 g/mol. The van der Waals surface area contributed by atoms with Crippen LogP contribution in [0.4, 0.5) is 0 Å². The first-order valence-corrected chi connectivity index (χ1v) is 9.28. The van der Waals surface area contributed by atoms with Crippen LogP contribution in [0.25, 0.3) is 0 Å². The topological polar surface area (TPSA) is 65.4 Å². The molecule has 146 valence electrons. The van der Waals surface area contributed by atoms with Crippen molar-refractivity contribution < 1.29 is 14.3 Å². The average Bonchev–Trinajstić information content (AvgIpc) is 3.15. The molecule has 0 aliphatic heterocycles. The number of carbonyl (C=O) groups is 1. The molecule has 1 heterocycles. The van der Waals surface area contributed by atoms with Gasteiger partial charge in [-0.1, -0.05) is 12.1 Å². The van der Waals surface area contributed by atoms with Gasteiger partial charge in [-0.05, 0) is 61.4 Å². The summed E-state index contributed by atoms with van der Waals surface area (Å²) in [7, 11) is 1.63. The molecule has 0 spiro atoms. The van der Waals surface area contributed by atoms with Gasteiger partial charge in [-0.2, -0.15) is 5.10 Å². The molecule has 3 rings (SSSR count). The Kier molecular flexibility index (Phi) is 6.68.